The number of aryl methyl sites for hydroxylation is 2. The highest BCUT2D eigenvalue weighted by atomic mass is 15.3. The minimum atomic E-state index is 0.0995. The SMILES string of the molecule is N=C(N)N(c1ccc2cccc3c2c1CC3)C12CC3CC(CC(C3)C1)C2. The molecule has 0 spiro atoms. The van der Waals surface area contributed by atoms with Crippen molar-refractivity contribution in [3.63, 3.8) is 0 Å². The summed E-state index contributed by atoms with van der Waals surface area (Å²) in [6.45, 7) is 0. The zero-order valence-electron chi connectivity index (χ0n) is 15.3. The summed E-state index contributed by atoms with van der Waals surface area (Å²) in [5, 5.41) is 11.3. The van der Waals surface area contributed by atoms with Gasteiger partial charge in [0.25, 0.3) is 0 Å². The fourth-order valence-electron chi connectivity index (χ4n) is 7.43. The number of guanidine groups is 1. The second-order valence-electron chi connectivity index (χ2n) is 9.44. The Morgan fingerprint density at radius 2 is 1.65 bits per heavy atom. The molecule has 7 rings (SSSR count). The average Bonchev–Trinajstić information content (AvgIpc) is 3.01. The Balaban J connectivity index is 1.53. The van der Waals surface area contributed by atoms with Gasteiger partial charge in [-0.2, -0.15) is 0 Å². The van der Waals surface area contributed by atoms with Crippen LogP contribution in [-0.4, -0.2) is 11.5 Å². The number of nitrogens with one attached hydrogen (secondary N) is 1. The predicted molar refractivity (Wildman–Crippen MR) is 107 cm³/mol. The average molecular weight is 345 g/mol. The molecule has 0 unspecified atom stereocenters. The van der Waals surface area contributed by atoms with Crippen molar-refractivity contribution in [1.29, 1.82) is 5.41 Å². The summed E-state index contributed by atoms with van der Waals surface area (Å²) >= 11 is 0. The van der Waals surface area contributed by atoms with E-state index in [1.807, 2.05) is 0 Å². The predicted octanol–water partition coefficient (Wildman–Crippen LogP) is 4.61. The van der Waals surface area contributed by atoms with Crippen LogP contribution < -0.4 is 10.6 Å². The van der Waals surface area contributed by atoms with Crippen LogP contribution in [0.25, 0.3) is 10.8 Å². The highest BCUT2D eigenvalue weighted by Crippen LogP contribution is 2.59. The molecular formula is C23H27N3. The van der Waals surface area contributed by atoms with Crippen LogP contribution in [0, 0.1) is 23.2 Å². The van der Waals surface area contributed by atoms with E-state index in [1.165, 1.54) is 66.1 Å². The minimum Gasteiger partial charge on any atom is -0.370 e. The van der Waals surface area contributed by atoms with Gasteiger partial charge in [-0.05, 0) is 97.1 Å². The van der Waals surface area contributed by atoms with Gasteiger partial charge >= 0.3 is 0 Å². The molecule has 3 N–H and O–H groups in total. The van der Waals surface area contributed by atoms with E-state index in [-0.39, 0.29) is 11.5 Å². The zero-order chi connectivity index (χ0) is 17.5. The van der Waals surface area contributed by atoms with Crippen molar-refractivity contribution >= 4 is 22.4 Å². The van der Waals surface area contributed by atoms with Gasteiger partial charge in [0.2, 0.25) is 0 Å². The van der Waals surface area contributed by atoms with Gasteiger partial charge in [0.05, 0.1) is 0 Å². The van der Waals surface area contributed by atoms with Gasteiger partial charge in [0, 0.05) is 11.2 Å². The molecule has 0 aliphatic heterocycles. The number of anilines is 1. The lowest BCUT2D eigenvalue weighted by molar-refractivity contribution is 0.00163. The number of rotatable bonds is 2. The second-order valence-corrected chi connectivity index (χ2v) is 9.44. The van der Waals surface area contributed by atoms with Crippen molar-refractivity contribution in [2.24, 2.45) is 23.5 Å². The summed E-state index contributed by atoms with van der Waals surface area (Å²) in [6, 6.07) is 11.2. The molecule has 5 aliphatic rings. The molecule has 4 bridgehead atoms. The van der Waals surface area contributed by atoms with E-state index in [4.69, 9.17) is 11.1 Å². The van der Waals surface area contributed by atoms with Crippen LogP contribution in [0.2, 0.25) is 0 Å². The summed E-state index contributed by atoms with van der Waals surface area (Å²) in [4.78, 5) is 2.29. The second kappa shape index (κ2) is 5.03. The maximum atomic E-state index is 8.53. The molecule has 2 aromatic carbocycles. The standard InChI is InChI=1S/C23H27N3/c24-22(25)26(23-11-14-8-15(12-23)10-16(9-14)13-23)20-7-5-18-3-1-2-17-4-6-19(20)21(17)18/h1-3,5,7,14-16H,4,6,8-13H2,(H3,24,25). The number of nitrogens with zero attached hydrogens (tertiary/aromatic N) is 1. The highest BCUT2D eigenvalue weighted by Gasteiger charge is 2.54. The Kier molecular flexibility index (Phi) is 2.91. The lowest BCUT2D eigenvalue weighted by Crippen LogP contribution is -2.63. The van der Waals surface area contributed by atoms with Crippen LogP contribution in [0.15, 0.2) is 30.3 Å². The Hall–Kier alpha value is -2.03. The fraction of sp³-hybridized carbons (Fsp3) is 0.522. The molecule has 4 fully saturated rings. The third kappa shape index (κ3) is 1.92. The van der Waals surface area contributed by atoms with Crippen LogP contribution in [0.1, 0.15) is 49.7 Å². The van der Waals surface area contributed by atoms with Crippen LogP contribution in [0.3, 0.4) is 0 Å². The molecule has 0 radical (unpaired) electrons. The van der Waals surface area contributed by atoms with Crippen molar-refractivity contribution in [2.45, 2.75) is 56.9 Å². The lowest BCUT2D eigenvalue weighted by atomic mass is 9.52. The molecular weight excluding hydrogens is 318 g/mol. The summed E-state index contributed by atoms with van der Waals surface area (Å²) in [7, 11) is 0. The molecule has 4 saturated carbocycles. The molecule has 0 aromatic heterocycles. The monoisotopic (exact) mass is 345 g/mol. The van der Waals surface area contributed by atoms with Gasteiger partial charge in [0.15, 0.2) is 5.96 Å². The van der Waals surface area contributed by atoms with E-state index >= 15 is 0 Å². The zero-order valence-corrected chi connectivity index (χ0v) is 15.3. The van der Waals surface area contributed by atoms with Crippen molar-refractivity contribution in [1.82, 2.24) is 0 Å². The topological polar surface area (TPSA) is 53.1 Å². The molecule has 3 nitrogen and oxygen atoms in total. The van der Waals surface area contributed by atoms with Crippen molar-refractivity contribution in [2.75, 3.05) is 4.90 Å². The van der Waals surface area contributed by atoms with Crippen molar-refractivity contribution in [3.8, 4) is 0 Å². The third-order valence-electron chi connectivity index (χ3n) is 7.82. The summed E-state index contributed by atoms with van der Waals surface area (Å²) in [5.74, 6) is 2.82. The molecule has 5 aliphatic carbocycles. The first-order valence-corrected chi connectivity index (χ1v) is 10.3. The van der Waals surface area contributed by atoms with E-state index in [0.29, 0.717) is 0 Å². The highest BCUT2D eigenvalue weighted by molar-refractivity contribution is 6.01. The molecule has 134 valence electrons. The number of hydrogen-bond donors (Lipinski definition) is 2. The van der Waals surface area contributed by atoms with Gasteiger partial charge in [-0.1, -0.05) is 24.3 Å². The van der Waals surface area contributed by atoms with Gasteiger partial charge in [-0.3, -0.25) is 5.41 Å². The maximum Gasteiger partial charge on any atom is 0.193 e. The molecule has 26 heavy (non-hydrogen) atoms. The maximum absolute atomic E-state index is 8.53. The first kappa shape index (κ1) is 15.1. The van der Waals surface area contributed by atoms with Crippen LogP contribution >= 0.6 is 0 Å². The molecule has 0 atom stereocenters. The van der Waals surface area contributed by atoms with Crippen LogP contribution in [-0.2, 0) is 12.8 Å². The number of benzene rings is 2. The third-order valence-corrected chi connectivity index (χ3v) is 7.82. The van der Waals surface area contributed by atoms with E-state index < -0.39 is 0 Å². The van der Waals surface area contributed by atoms with Gasteiger partial charge in [-0.25, -0.2) is 0 Å². The van der Waals surface area contributed by atoms with Gasteiger partial charge < -0.3 is 10.6 Å². The molecule has 0 amide bonds. The van der Waals surface area contributed by atoms with Crippen molar-refractivity contribution < 1.29 is 0 Å². The normalized spacial score (nSPS) is 33.8. The van der Waals surface area contributed by atoms with Crippen LogP contribution in [0.5, 0.6) is 0 Å². The van der Waals surface area contributed by atoms with Crippen molar-refractivity contribution in [3.05, 3.63) is 41.5 Å². The largest absolute Gasteiger partial charge is 0.370 e. The van der Waals surface area contributed by atoms with E-state index in [9.17, 15) is 0 Å². The molecule has 3 heteroatoms. The lowest BCUT2D eigenvalue weighted by Gasteiger charge is -2.60. The summed E-state index contributed by atoms with van der Waals surface area (Å²) in [5.41, 5.74) is 10.5. The first-order chi connectivity index (χ1) is 12.6. The smallest absolute Gasteiger partial charge is 0.193 e. The molecule has 2 aromatic rings. The Labute approximate surface area is 155 Å². The van der Waals surface area contributed by atoms with E-state index in [0.717, 1.165) is 30.6 Å². The Morgan fingerprint density at radius 1 is 0.962 bits per heavy atom. The van der Waals surface area contributed by atoms with E-state index in [1.54, 1.807) is 0 Å². The Bertz CT molecular complexity index is 893. The fourth-order valence-corrected chi connectivity index (χ4v) is 7.43. The van der Waals surface area contributed by atoms with Gasteiger partial charge in [-0.15, -0.1) is 0 Å². The van der Waals surface area contributed by atoms with E-state index in [2.05, 4.69) is 35.2 Å². The molecule has 0 saturated heterocycles. The number of nitrogens with two attached hydrogens (primary N) is 1. The summed E-state index contributed by atoms with van der Waals surface area (Å²) < 4.78 is 0. The minimum absolute atomic E-state index is 0.0995. The summed E-state index contributed by atoms with van der Waals surface area (Å²) in [6.07, 6.45) is 10.2. The van der Waals surface area contributed by atoms with Gasteiger partial charge in [0.1, 0.15) is 0 Å². The first-order valence-electron chi connectivity index (χ1n) is 10.3. The van der Waals surface area contributed by atoms with Crippen LogP contribution in [0.4, 0.5) is 5.69 Å². The Morgan fingerprint density at radius 3 is 2.31 bits per heavy atom. The molecule has 0 heterocycles. The quantitative estimate of drug-likeness (QED) is 0.617. The number of hydrogen-bond acceptors (Lipinski definition) is 1.